The Morgan fingerprint density at radius 2 is 1.83 bits per heavy atom. The summed E-state index contributed by atoms with van der Waals surface area (Å²) >= 11 is 0. The highest BCUT2D eigenvalue weighted by Gasteiger charge is 2.27. The van der Waals surface area contributed by atoms with E-state index in [1.165, 1.54) is 6.07 Å². The number of nitrogens with two attached hydrogens (primary N) is 1. The molecule has 0 radical (unpaired) electrons. The van der Waals surface area contributed by atoms with Gasteiger partial charge in [0.05, 0.1) is 41.8 Å². The number of benzene rings is 2. The van der Waals surface area contributed by atoms with Gasteiger partial charge in [0, 0.05) is 29.4 Å². The van der Waals surface area contributed by atoms with Gasteiger partial charge in [-0.25, -0.2) is 18.4 Å². The van der Waals surface area contributed by atoms with Crippen LogP contribution in [0.25, 0.3) is 33.1 Å². The second kappa shape index (κ2) is 11.2. The molecule has 2 aromatic carbocycles. The predicted molar refractivity (Wildman–Crippen MR) is 159 cm³/mol. The van der Waals surface area contributed by atoms with Crippen molar-refractivity contribution in [3.8, 4) is 11.1 Å². The molecule has 6 rings (SSSR count). The molecule has 0 saturated carbocycles. The third kappa shape index (κ3) is 5.15. The molecule has 1 fully saturated rings. The van der Waals surface area contributed by atoms with Crippen molar-refractivity contribution in [2.75, 3.05) is 19.6 Å². The van der Waals surface area contributed by atoms with Gasteiger partial charge in [-0.1, -0.05) is 32.9 Å². The van der Waals surface area contributed by atoms with Gasteiger partial charge < -0.3 is 10.6 Å². The normalized spacial score (nSPS) is 14.9. The number of likely N-dealkylation sites (tertiary alicyclic amines) is 1. The van der Waals surface area contributed by atoms with Crippen LogP contribution in [0.1, 0.15) is 61.3 Å². The standard InChI is InChI=1S/C32H35F2N7O/c1-4-39-11-9-23(10-12-39)41-32-24(17-37-41)29(30(31(35)42)27(38-32)13-19(2)3)21-6-8-28-22(15-21)16-36-40(28)18-20-5-7-25(33)26(34)14-20/h5-8,14-17,19,23H,4,9-13,18H2,1-3H3,(H2,35,42). The number of hydrogen-bond acceptors (Lipinski definition) is 5. The maximum absolute atomic E-state index is 13.8. The molecule has 0 aliphatic carbocycles. The third-order valence-corrected chi connectivity index (χ3v) is 8.26. The molecular formula is C32H35F2N7O. The Morgan fingerprint density at radius 1 is 1.05 bits per heavy atom. The maximum Gasteiger partial charge on any atom is 0.251 e. The summed E-state index contributed by atoms with van der Waals surface area (Å²) in [7, 11) is 0. The minimum Gasteiger partial charge on any atom is -0.366 e. The molecule has 0 bridgehead atoms. The fraction of sp³-hybridized carbons (Fsp3) is 0.375. The number of primary amides is 1. The van der Waals surface area contributed by atoms with Crippen molar-refractivity contribution in [3.63, 3.8) is 0 Å². The summed E-state index contributed by atoms with van der Waals surface area (Å²) in [6.45, 7) is 9.73. The molecule has 8 nitrogen and oxygen atoms in total. The van der Waals surface area contributed by atoms with E-state index < -0.39 is 17.5 Å². The zero-order valence-electron chi connectivity index (χ0n) is 24.1. The first-order chi connectivity index (χ1) is 20.2. The Morgan fingerprint density at radius 3 is 2.52 bits per heavy atom. The van der Waals surface area contributed by atoms with Crippen LogP contribution >= 0.6 is 0 Å². The first-order valence-corrected chi connectivity index (χ1v) is 14.6. The number of halogens is 2. The fourth-order valence-electron chi connectivity index (χ4n) is 6.13. The van der Waals surface area contributed by atoms with E-state index in [-0.39, 0.29) is 18.5 Å². The van der Waals surface area contributed by atoms with E-state index in [0.717, 1.165) is 71.6 Å². The van der Waals surface area contributed by atoms with E-state index in [2.05, 4.69) is 30.8 Å². The summed E-state index contributed by atoms with van der Waals surface area (Å²) in [6.07, 6.45) is 6.13. The minimum absolute atomic E-state index is 0.231. The molecule has 0 atom stereocenters. The minimum atomic E-state index is -0.888. The van der Waals surface area contributed by atoms with E-state index in [0.29, 0.717) is 23.2 Å². The average molecular weight is 572 g/mol. The van der Waals surface area contributed by atoms with E-state index in [9.17, 15) is 13.6 Å². The van der Waals surface area contributed by atoms with Crippen molar-refractivity contribution in [3.05, 3.63) is 77.2 Å². The van der Waals surface area contributed by atoms with Crippen molar-refractivity contribution in [1.29, 1.82) is 0 Å². The topological polar surface area (TPSA) is 94.9 Å². The number of pyridine rings is 1. The maximum atomic E-state index is 13.8. The smallest absolute Gasteiger partial charge is 0.251 e. The van der Waals surface area contributed by atoms with E-state index in [4.69, 9.17) is 15.8 Å². The fourth-order valence-corrected chi connectivity index (χ4v) is 6.13. The van der Waals surface area contributed by atoms with Crippen LogP contribution < -0.4 is 5.73 Å². The zero-order chi connectivity index (χ0) is 29.5. The monoisotopic (exact) mass is 571 g/mol. The molecule has 42 heavy (non-hydrogen) atoms. The molecule has 4 heterocycles. The molecule has 3 aromatic heterocycles. The van der Waals surface area contributed by atoms with Gasteiger partial charge in [-0.05, 0) is 67.1 Å². The SMILES string of the molecule is CCN1CCC(n2ncc3c(-c4ccc5c(cnn5Cc5ccc(F)c(F)c5)c4)c(C(N)=O)c(CC(C)C)nc32)CC1. The van der Waals surface area contributed by atoms with Crippen LogP contribution in [0.2, 0.25) is 0 Å². The molecule has 5 aromatic rings. The number of amides is 1. The lowest BCUT2D eigenvalue weighted by molar-refractivity contribution is 0.0999. The van der Waals surface area contributed by atoms with Gasteiger partial charge in [0.2, 0.25) is 0 Å². The summed E-state index contributed by atoms with van der Waals surface area (Å²) < 4.78 is 31.0. The molecular weight excluding hydrogens is 536 g/mol. The van der Waals surface area contributed by atoms with Gasteiger partial charge in [0.15, 0.2) is 17.3 Å². The molecule has 1 amide bonds. The number of aromatic nitrogens is 5. The van der Waals surface area contributed by atoms with E-state index in [1.807, 2.05) is 29.1 Å². The molecule has 218 valence electrons. The number of carbonyl (C=O) groups is 1. The second-order valence-electron chi connectivity index (χ2n) is 11.6. The number of rotatable bonds is 8. The highest BCUT2D eigenvalue weighted by molar-refractivity contribution is 6.09. The van der Waals surface area contributed by atoms with Crippen LogP contribution in [0.3, 0.4) is 0 Å². The first-order valence-electron chi connectivity index (χ1n) is 14.6. The van der Waals surface area contributed by atoms with Crippen molar-refractivity contribution >= 4 is 27.8 Å². The van der Waals surface area contributed by atoms with Crippen LogP contribution in [-0.2, 0) is 13.0 Å². The Labute approximate surface area is 243 Å². The Kier molecular flexibility index (Phi) is 7.49. The van der Waals surface area contributed by atoms with E-state index >= 15 is 0 Å². The largest absolute Gasteiger partial charge is 0.366 e. The van der Waals surface area contributed by atoms with Gasteiger partial charge in [-0.2, -0.15) is 10.2 Å². The lowest BCUT2D eigenvalue weighted by Gasteiger charge is -2.31. The summed E-state index contributed by atoms with van der Waals surface area (Å²) in [5, 5.41) is 11.0. The molecule has 1 aliphatic heterocycles. The molecule has 2 N–H and O–H groups in total. The van der Waals surface area contributed by atoms with Crippen molar-refractivity contribution in [2.45, 2.75) is 52.6 Å². The zero-order valence-corrected chi connectivity index (χ0v) is 24.1. The second-order valence-corrected chi connectivity index (χ2v) is 11.6. The summed E-state index contributed by atoms with van der Waals surface area (Å²) in [4.78, 5) is 20.5. The van der Waals surface area contributed by atoms with Crippen LogP contribution in [0, 0.1) is 17.6 Å². The predicted octanol–water partition coefficient (Wildman–Crippen LogP) is 5.73. The summed E-state index contributed by atoms with van der Waals surface area (Å²) in [5.74, 6) is -2.02. The highest BCUT2D eigenvalue weighted by Crippen LogP contribution is 2.37. The molecule has 1 aliphatic rings. The van der Waals surface area contributed by atoms with Gasteiger partial charge in [-0.3, -0.25) is 9.48 Å². The number of hydrogen-bond donors (Lipinski definition) is 1. The quantitative estimate of drug-likeness (QED) is 0.257. The lowest BCUT2D eigenvalue weighted by Crippen LogP contribution is -2.34. The Bertz CT molecular complexity index is 1780. The van der Waals surface area contributed by atoms with Gasteiger partial charge >= 0.3 is 0 Å². The third-order valence-electron chi connectivity index (χ3n) is 8.26. The number of piperidine rings is 1. The van der Waals surface area contributed by atoms with Crippen LogP contribution in [-0.4, -0.2) is 55.0 Å². The average Bonchev–Trinajstić information content (AvgIpc) is 3.57. The van der Waals surface area contributed by atoms with Crippen molar-refractivity contribution in [2.24, 2.45) is 11.7 Å². The summed E-state index contributed by atoms with van der Waals surface area (Å²) in [5.41, 5.74) is 10.9. The highest BCUT2D eigenvalue weighted by atomic mass is 19.2. The lowest BCUT2D eigenvalue weighted by atomic mass is 9.92. The van der Waals surface area contributed by atoms with Gasteiger partial charge in [-0.15, -0.1) is 0 Å². The number of nitrogens with zero attached hydrogens (tertiary/aromatic N) is 6. The van der Waals surface area contributed by atoms with Crippen LogP contribution in [0.4, 0.5) is 8.78 Å². The molecule has 1 saturated heterocycles. The Hall–Kier alpha value is -4.18. The summed E-state index contributed by atoms with van der Waals surface area (Å²) in [6, 6.07) is 9.95. The van der Waals surface area contributed by atoms with E-state index in [1.54, 1.807) is 16.9 Å². The van der Waals surface area contributed by atoms with Crippen molar-refractivity contribution < 1.29 is 13.6 Å². The number of fused-ring (bicyclic) bond motifs is 2. The molecule has 0 unspecified atom stereocenters. The Balaban J connectivity index is 1.46. The molecule has 10 heteroatoms. The van der Waals surface area contributed by atoms with Crippen LogP contribution in [0.5, 0.6) is 0 Å². The van der Waals surface area contributed by atoms with Gasteiger partial charge in [0.25, 0.3) is 5.91 Å². The van der Waals surface area contributed by atoms with Crippen molar-refractivity contribution in [1.82, 2.24) is 29.4 Å². The molecule has 0 spiro atoms. The van der Waals surface area contributed by atoms with Crippen LogP contribution in [0.15, 0.2) is 48.8 Å². The first kappa shape index (κ1) is 28.0. The number of carbonyl (C=O) groups excluding carboxylic acids is 1. The van der Waals surface area contributed by atoms with Gasteiger partial charge in [0.1, 0.15) is 0 Å².